The lowest BCUT2D eigenvalue weighted by molar-refractivity contribution is 0.0826. The Labute approximate surface area is 114 Å². The highest BCUT2D eigenvalue weighted by Crippen LogP contribution is 2.25. The summed E-state index contributed by atoms with van der Waals surface area (Å²) in [6.07, 6.45) is 0. The van der Waals surface area contributed by atoms with Crippen molar-refractivity contribution in [1.82, 2.24) is 4.90 Å². The molecule has 0 heterocycles. The molecule has 5 nitrogen and oxygen atoms in total. The smallest absolute Gasteiger partial charge is 0.253 e. The highest BCUT2D eigenvalue weighted by atomic mass is 16.3. The number of amides is 1. The maximum atomic E-state index is 11.8. The molecule has 0 atom stereocenters. The molecule has 0 spiro atoms. The zero-order valence-electron chi connectivity index (χ0n) is 12.3. The molecule has 0 aliphatic heterocycles. The van der Waals surface area contributed by atoms with E-state index in [4.69, 9.17) is 5.73 Å². The Morgan fingerprint density at radius 1 is 1.32 bits per heavy atom. The molecule has 1 amide bonds. The van der Waals surface area contributed by atoms with Crippen LogP contribution in [-0.4, -0.2) is 49.2 Å². The molecule has 1 aromatic rings. The van der Waals surface area contributed by atoms with Gasteiger partial charge >= 0.3 is 0 Å². The number of rotatable bonds is 4. The molecule has 3 N–H and O–H groups in total. The Balaban J connectivity index is 2.98. The standard InChI is InChI=1S/C14H23N3O2/c1-14(2,19)9-17(5)12-7-6-10(8-11(12)15)13(18)16(3)4/h6-8,19H,9,15H2,1-5H3. The third-order valence-electron chi connectivity index (χ3n) is 2.72. The van der Waals surface area contributed by atoms with Crippen molar-refractivity contribution in [1.29, 1.82) is 0 Å². The quantitative estimate of drug-likeness (QED) is 0.802. The fourth-order valence-electron chi connectivity index (χ4n) is 1.96. The summed E-state index contributed by atoms with van der Waals surface area (Å²) >= 11 is 0. The minimum absolute atomic E-state index is 0.0802. The highest BCUT2D eigenvalue weighted by molar-refractivity contribution is 5.95. The number of carbonyl (C=O) groups excluding carboxylic acids is 1. The molecule has 0 fully saturated rings. The van der Waals surface area contributed by atoms with Crippen LogP contribution in [0, 0.1) is 0 Å². The molecule has 19 heavy (non-hydrogen) atoms. The van der Waals surface area contributed by atoms with E-state index in [2.05, 4.69) is 0 Å². The summed E-state index contributed by atoms with van der Waals surface area (Å²) in [5.41, 5.74) is 7.07. The van der Waals surface area contributed by atoms with Gasteiger partial charge in [0.05, 0.1) is 17.0 Å². The van der Waals surface area contributed by atoms with E-state index >= 15 is 0 Å². The van der Waals surface area contributed by atoms with Crippen molar-refractivity contribution in [3.63, 3.8) is 0 Å². The molecule has 1 aromatic carbocycles. The molecular weight excluding hydrogens is 242 g/mol. The van der Waals surface area contributed by atoms with Crippen LogP contribution >= 0.6 is 0 Å². The lowest BCUT2D eigenvalue weighted by Crippen LogP contribution is -2.36. The summed E-state index contributed by atoms with van der Waals surface area (Å²) < 4.78 is 0. The molecule has 0 saturated heterocycles. The third kappa shape index (κ3) is 4.13. The van der Waals surface area contributed by atoms with Gasteiger partial charge < -0.3 is 20.6 Å². The molecule has 5 heteroatoms. The lowest BCUT2D eigenvalue weighted by atomic mass is 10.1. The fraction of sp³-hybridized carbons (Fsp3) is 0.500. The van der Waals surface area contributed by atoms with E-state index in [1.54, 1.807) is 46.1 Å². The van der Waals surface area contributed by atoms with Gasteiger partial charge in [0.25, 0.3) is 5.91 Å². The van der Waals surface area contributed by atoms with Gasteiger partial charge in [0.2, 0.25) is 0 Å². The van der Waals surface area contributed by atoms with E-state index < -0.39 is 5.60 Å². The van der Waals surface area contributed by atoms with Gasteiger partial charge in [0, 0.05) is 33.3 Å². The summed E-state index contributed by atoms with van der Waals surface area (Å²) in [5.74, 6) is -0.0802. The number of hydrogen-bond donors (Lipinski definition) is 2. The monoisotopic (exact) mass is 265 g/mol. The van der Waals surface area contributed by atoms with Crippen LogP contribution in [0.3, 0.4) is 0 Å². The van der Waals surface area contributed by atoms with Crippen LogP contribution in [0.1, 0.15) is 24.2 Å². The van der Waals surface area contributed by atoms with Crippen molar-refractivity contribution in [2.45, 2.75) is 19.4 Å². The molecule has 0 aliphatic rings. The molecule has 0 radical (unpaired) electrons. The summed E-state index contributed by atoms with van der Waals surface area (Å²) in [6.45, 7) is 3.94. The van der Waals surface area contributed by atoms with Crippen LogP contribution in [-0.2, 0) is 0 Å². The van der Waals surface area contributed by atoms with Crippen LogP contribution in [0.4, 0.5) is 11.4 Å². The van der Waals surface area contributed by atoms with E-state index in [9.17, 15) is 9.90 Å². The summed E-state index contributed by atoms with van der Waals surface area (Å²) in [6, 6.07) is 5.21. The normalized spacial score (nSPS) is 11.3. The van der Waals surface area contributed by atoms with Gasteiger partial charge in [0.15, 0.2) is 0 Å². The topological polar surface area (TPSA) is 69.8 Å². The maximum absolute atomic E-state index is 11.8. The Bertz CT molecular complexity index is 464. The minimum Gasteiger partial charge on any atom is -0.397 e. The molecule has 0 aromatic heterocycles. The van der Waals surface area contributed by atoms with Crippen molar-refractivity contribution in [3.05, 3.63) is 23.8 Å². The van der Waals surface area contributed by atoms with Gasteiger partial charge in [-0.1, -0.05) is 0 Å². The fourth-order valence-corrected chi connectivity index (χ4v) is 1.96. The SMILES string of the molecule is CN(C)C(=O)c1ccc(N(C)CC(C)(C)O)c(N)c1. The van der Waals surface area contributed by atoms with Crippen molar-refractivity contribution in [2.75, 3.05) is 38.3 Å². The van der Waals surface area contributed by atoms with Crippen LogP contribution in [0.25, 0.3) is 0 Å². The summed E-state index contributed by atoms with van der Waals surface area (Å²) in [7, 11) is 5.26. The number of likely N-dealkylation sites (N-methyl/N-ethyl adjacent to an activating group) is 1. The van der Waals surface area contributed by atoms with Gasteiger partial charge in [-0.05, 0) is 32.0 Å². The predicted octanol–water partition coefficient (Wildman–Crippen LogP) is 1.18. The number of aliphatic hydroxyl groups is 1. The third-order valence-corrected chi connectivity index (χ3v) is 2.72. The zero-order chi connectivity index (χ0) is 14.8. The van der Waals surface area contributed by atoms with Crippen LogP contribution in [0.2, 0.25) is 0 Å². The Morgan fingerprint density at radius 3 is 2.32 bits per heavy atom. The van der Waals surface area contributed by atoms with Gasteiger partial charge in [0.1, 0.15) is 0 Å². The molecular formula is C14H23N3O2. The first-order valence-corrected chi connectivity index (χ1v) is 6.16. The first-order chi connectivity index (χ1) is 8.61. The van der Waals surface area contributed by atoms with Crippen LogP contribution < -0.4 is 10.6 Å². The minimum atomic E-state index is -0.806. The van der Waals surface area contributed by atoms with Crippen molar-refractivity contribution >= 4 is 17.3 Å². The van der Waals surface area contributed by atoms with Crippen molar-refractivity contribution < 1.29 is 9.90 Å². The summed E-state index contributed by atoms with van der Waals surface area (Å²) in [5, 5.41) is 9.81. The van der Waals surface area contributed by atoms with Crippen molar-refractivity contribution in [3.8, 4) is 0 Å². The second kappa shape index (κ2) is 5.48. The first kappa shape index (κ1) is 15.3. The van der Waals surface area contributed by atoms with E-state index in [1.165, 1.54) is 4.90 Å². The largest absolute Gasteiger partial charge is 0.397 e. The average molecular weight is 265 g/mol. The zero-order valence-corrected chi connectivity index (χ0v) is 12.3. The Hall–Kier alpha value is -1.75. The number of carbonyl (C=O) groups is 1. The molecule has 0 saturated carbocycles. The van der Waals surface area contributed by atoms with E-state index in [0.717, 1.165) is 5.69 Å². The number of benzene rings is 1. The highest BCUT2D eigenvalue weighted by Gasteiger charge is 2.18. The van der Waals surface area contributed by atoms with Crippen molar-refractivity contribution in [2.24, 2.45) is 0 Å². The molecule has 0 unspecified atom stereocenters. The number of nitrogen functional groups attached to an aromatic ring is 1. The number of hydrogen-bond acceptors (Lipinski definition) is 4. The van der Waals surface area contributed by atoms with Crippen LogP contribution in [0.15, 0.2) is 18.2 Å². The van der Waals surface area contributed by atoms with Gasteiger partial charge in [-0.25, -0.2) is 0 Å². The lowest BCUT2D eigenvalue weighted by Gasteiger charge is -2.28. The molecule has 0 aliphatic carbocycles. The number of anilines is 2. The second-order valence-corrected chi connectivity index (χ2v) is 5.64. The number of nitrogens with two attached hydrogens (primary N) is 1. The molecule has 106 valence electrons. The first-order valence-electron chi connectivity index (χ1n) is 6.16. The number of nitrogens with zero attached hydrogens (tertiary/aromatic N) is 2. The van der Waals surface area contributed by atoms with E-state index in [0.29, 0.717) is 17.8 Å². The Morgan fingerprint density at radius 2 is 1.89 bits per heavy atom. The van der Waals surface area contributed by atoms with Gasteiger partial charge in [-0.15, -0.1) is 0 Å². The van der Waals surface area contributed by atoms with E-state index in [1.807, 2.05) is 11.9 Å². The predicted molar refractivity (Wildman–Crippen MR) is 78.4 cm³/mol. The summed E-state index contributed by atoms with van der Waals surface area (Å²) in [4.78, 5) is 15.2. The maximum Gasteiger partial charge on any atom is 0.253 e. The molecule has 1 rings (SSSR count). The van der Waals surface area contributed by atoms with E-state index in [-0.39, 0.29) is 5.91 Å². The second-order valence-electron chi connectivity index (χ2n) is 5.64. The van der Waals surface area contributed by atoms with Gasteiger partial charge in [-0.2, -0.15) is 0 Å². The average Bonchev–Trinajstić information content (AvgIpc) is 2.25. The van der Waals surface area contributed by atoms with Crippen LogP contribution in [0.5, 0.6) is 0 Å². The van der Waals surface area contributed by atoms with Gasteiger partial charge in [-0.3, -0.25) is 4.79 Å². The molecule has 0 bridgehead atoms. The Kier molecular flexibility index (Phi) is 4.42.